The van der Waals surface area contributed by atoms with Crippen LogP contribution in [0.3, 0.4) is 0 Å². The minimum Gasteiger partial charge on any atom is -0.480 e. The number of carbonyl (C=O) groups excluding carboxylic acids is 1. The third-order valence-electron chi connectivity index (χ3n) is 3.07. The molecule has 0 spiro atoms. The van der Waals surface area contributed by atoms with Crippen LogP contribution in [0.15, 0.2) is 36.4 Å². The van der Waals surface area contributed by atoms with Crippen molar-refractivity contribution in [3.05, 3.63) is 42.1 Å². The quantitative estimate of drug-likeness (QED) is 0.757. The molecule has 0 bridgehead atoms. The number of benzene rings is 1. The molecular formula is C15H17N3O3. The second-order valence-corrected chi connectivity index (χ2v) is 4.69. The number of carboxylic acids is 1. The fourth-order valence-electron chi connectivity index (χ4n) is 1.98. The molecule has 0 aliphatic rings. The molecule has 3 N–H and O–H groups in total. The van der Waals surface area contributed by atoms with Gasteiger partial charge in [0.25, 0.3) is 5.91 Å². The molecule has 21 heavy (non-hydrogen) atoms. The Labute approximate surface area is 122 Å². The van der Waals surface area contributed by atoms with Crippen LogP contribution < -0.4 is 5.32 Å². The monoisotopic (exact) mass is 287 g/mol. The van der Waals surface area contributed by atoms with Crippen molar-refractivity contribution in [1.29, 1.82) is 0 Å². The molecule has 0 saturated heterocycles. The standard InChI is InChI=1S/C15H17N3O3/c1-2-6-11(15(20)21)16-14(19)13-9-12(17-18-13)10-7-4-3-5-8-10/h3-5,7-9,11H,2,6H2,1H3,(H,16,19)(H,17,18)(H,20,21). The summed E-state index contributed by atoms with van der Waals surface area (Å²) in [5, 5.41) is 18.2. The van der Waals surface area contributed by atoms with Gasteiger partial charge in [0.1, 0.15) is 11.7 Å². The lowest BCUT2D eigenvalue weighted by atomic mass is 10.1. The Bertz CT molecular complexity index is 622. The van der Waals surface area contributed by atoms with Crippen LogP contribution in [0.2, 0.25) is 0 Å². The Balaban J connectivity index is 2.10. The molecule has 0 saturated carbocycles. The average Bonchev–Trinajstić information content (AvgIpc) is 2.97. The molecule has 110 valence electrons. The predicted octanol–water partition coefficient (Wildman–Crippen LogP) is 2.06. The summed E-state index contributed by atoms with van der Waals surface area (Å²) in [5.41, 5.74) is 1.77. The molecule has 1 unspecified atom stereocenters. The van der Waals surface area contributed by atoms with Gasteiger partial charge in [-0.1, -0.05) is 43.7 Å². The molecule has 1 amide bonds. The number of nitrogens with zero attached hydrogens (tertiary/aromatic N) is 1. The zero-order valence-electron chi connectivity index (χ0n) is 11.7. The lowest BCUT2D eigenvalue weighted by Gasteiger charge is -2.12. The van der Waals surface area contributed by atoms with Crippen LogP contribution in [0.4, 0.5) is 0 Å². The molecule has 6 heteroatoms. The third kappa shape index (κ3) is 3.68. The second-order valence-electron chi connectivity index (χ2n) is 4.69. The molecular weight excluding hydrogens is 270 g/mol. The lowest BCUT2D eigenvalue weighted by Crippen LogP contribution is -2.40. The topological polar surface area (TPSA) is 95.1 Å². The molecule has 2 aromatic rings. The van der Waals surface area contributed by atoms with Gasteiger partial charge in [0.15, 0.2) is 0 Å². The van der Waals surface area contributed by atoms with Crippen LogP contribution in [0.1, 0.15) is 30.3 Å². The fourth-order valence-corrected chi connectivity index (χ4v) is 1.98. The number of amides is 1. The van der Waals surface area contributed by atoms with Gasteiger partial charge in [0.05, 0.1) is 5.69 Å². The van der Waals surface area contributed by atoms with Crippen molar-refractivity contribution in [2.45, 2.75) is 25.8 Å². The molecule has 1 aromatic heterocycles. The Hall–Kier alpha value is -2.63. The number of aromatic nitrogens is 2. The zero-order valence-corrected chi connectivity index (χ0v) is 11.7. The molecule has 1 aromatic carbocycles. The Kier molecular flexibility index (Phi) is 4.71. The molecule has 1 heterocycles. The largest absolute Gasteiger partial charge is 0.480 e. The number of carboxylic acid groups (broad SMARTS) is 1. The second kappa shape index (κ2) is 6.69. The van der Waals surface area contributed by atoms with Crippen LogP contribution >= 0.6 is 0 Å². The molecule has 0 aliphatic heterocycles. The SMILES string of the molecule is CCCC(NC(=O)c1cc(-c2ccccc2)n[nH]1)C(=O)O. The highest BCUT2D eigenvalue weighted by molar-refractivity contribution is 5.95. The summed E-state index contributed by atoms with van der Waals surface area (Å²) in [7, 11) is 0. The predicted molar refractivity (Wildman–Crippen MR) is 77.8 cm³/mol. The van der Waals surface area contributed by atoms with E-state index in [9.17, 15) is 9.59 Å². The van der Waals surface area contributed by atoms with E-state index in [2.05, 4.69) is 15.5 Å². The fraction of sp³-hybridized carbons (Fsp3) is 0.267. The smallest absolute Gasteiger partial charge is 0.326 e. The maximum absolute atomic E-state index is 12.0. The molecule has 0 radical (unpaired) electrons. The number of nitrogens with one attached hydrogen (secondary N) is 2. The maximum Gasteiger partial charge on any atom is 0.326 e. The highest BCUT2D eigenvalue weighted by atomic mass is 16.4. The summed E-state index contributed by atoms with van der Waals surface area (Å²) < 4.78 is 0. The van der Waals surface area contributed by atoms with Crippen molar-refractivity contribution >= 4 is 11.9 Å². The van der Waals surface area contributed by atoms with E-state index in [1.165, 1.54) is 0 Å². The highest BCUT2D eigenvalue weighted by Gasteiger charge is 2.20. The Morgan fingerprint density at radius 3 is 2.67 bits per heavy atom. The van der Waals surface area contributed by atoms with Crippen LogP contribution in [0.25, 0.3) is 11.3 Å². The van der Waals surface area contributed by atoms with Gasteiger partial charge in [-0.3, -0.25) is 9.89 Å². The van der Waals surface area contributed by atoms with E-state index < -0.39 is 17.9 Å². The highest BCUT2D eigenvalue weighted by Crippen LogP contribution is 2.16. The van der Waals surface area contributed by atoms with E-state index in [0.717, 1.165) is 5.56 Å². The van der Waals surface area contributed by atoms with Gasteiger partial charge in [-0.25, -0.2) is 4.79 Å². The number of hydrogen-bond donors (Lipinski definition) is 3. The Morgan fingerprint density at radius 1 is 1.33 bits per heavy atom. The van der Waals surface area contributed by atoms with E-state index in [-0.39, 0.29) is 5.69 Å². The molecule has 6 nitrogen and oxygen atoms in total. The van der Waals surface area contributed by atoms with Crippen molar-refractivity contribution in [1.82, 2.24) is 15.5 Å². The van der Waals surface area contributed by atoms with Gasteiger partial charge in [-0.05, 0) is 12.5 Å². The van der Waals surface area contributed by atoms with Crippen molar-refractivity contribution in [2.24, 2.45) is 0 Å². The van der Waals surface area contributed by atoms with E-state index in [0.29, 0.717) is 18.5 Å². The van der Waals surface area contributed by atoms with Crippen LogP contribution in [0, 0.1) is 0 Å². The first-order valence-electron chi connectivity index (χ1n) is 6.76. The number of aliphatic carboxylic acids is 1. The summed E-state index contributed by atoms with van der Waals surface area (Å²) in [5.74, 6) is -1.50. The molecule has 1 atom stereocenters. The van der Waals surface area contributed by atoms with E-state index in [4.69, 9.17) is 5.11 Å². The van der Waals surface area contributed by atoms with E-state index in [1.54, 1.807) is 6.07 Å². The molecule has 0 fully saturated rings. The van der Waals surface area contributed by atoms with Crippen LogP contribution in [-0.4, -0.2) is 33.2 Å². The minimum atomic E-state index is -1.03. The normalized spacial score (nSPS) is 11.9. The number of carbonyl (C=O) groups is 2. The number of hydrogen-bond acceptors (Lipinski definition) is 3. The van der Waals surface area contributed by atoms with Crippen LogP contribution in [-0.2, 0) is 4.79 Å². The summed E-state index contributed by atoms with van der Waals surface area (Å²) in [6, 6.07) is 10.1. The first-order chi connectivity index (χ1) is 10.1. The van der Waals surface area contributed by atoms with Crippen LogP contribution in [0.5, 0.6) is 0 Å². The summed E-state index contributed by atoms with van der Waals surface area (Å²) >= 11 is 0. The Morgan fingerprint density at radius 2 is 2.05 bits per heavy atom. The molecule has 2 rings (SSSR count). The van der Waals surface area contributed by atoms with Gasteiger partial charge >= 0.3 is 5.97 Å². The summed E-state index contributed by atoms with van der Waals surface area (Å²) in [6.07, 6.45) is 1.07. The van der Waals surface area contributed by atoms with Gasteiger partial charge in [0, 0.05) is 5.56 Å². The summed E-state index contributed by atoms with van der Waals surface area (Å²) in [4.78, 5) is 23.1. The number of aromatic amines is 1. The first-order valence-corrected chi connectivity index (χ1v) is 6.76. The summed E-state index contributed by atoms with van der Waals surface area (Å²) in [6.45, 7) is 1.87. The van der Waals surface area contributed by atoms with Gasteiger partial charge < -0.3 is 10.4 Å². The minimum absolute atomic E-state index is 0.246. The number of H-pyrrole nitrogens is 1. The van der Waals surface area contributed by atoms with Crippen molar-refractivity contribution in [2.75, 3.05) is 0 Å². The maximum atomic E-state index is 12.0. The average molecular weight is 287 g/mol. The third-order valence-corrected chi connectivity index (χ3v) is 3.07. The van der Waals surface area contributed by atoms with E-state index in [1.807, 2.05) is 37.3 Å². The number of rotatable bonds is 6. The first kappa shape index (κ1) is 14.8. The van der Waals surface area contributed by atoms with Gasteiger partial charge in [-0.2, -0.15) is 5.10 Å². The lowest BCUT2D eigenvalue weighted by molar-refractivity contribution is -0.139. The van der Waals surface area contributed by atoms with Crippen molar-refractivity contribution in [3.8, 4) is 11.3 Å². The van der Waals surface area contributed by atoms with Crippen molar-refractivity contribution < 1.29 is 14.7 Å². The molecule has 0 aliphatic carbocycles. The van der Waals surface area contributed by atoms with Crippen molar-refractivity contribution in [3.63, 3.8) is 0 Å². The van der Waals surface area contributed by atoms with Gasteiger partial charge in [0.2, 0.25) is 0 Å². The van der Waals surface area contributed by atoms with E-state index >= 15 is 0 Å². The zero-order chi connectivity index (χ0) is 15.2. The van der Waals surface area contributed by atoms with Gasteiger partial charge in [-0.15, -0.1) is 0 Å².